The normalized spacial score (nSPS) is 10.4. The summed E-state index contributed by atoms with van der Waals surface area (Å²) in [6.07, 6.45) is 0. The van der Waals surface area contributed by atoms with E-state index in [1.807, 2.05) is 13.0 Å². The average Bonchev–Trinajstić information content (AvgIpc) is 2.57. The summed E-state index contributed by atoms with van der Waals surface area (Å²) in [5, 5.41) is 11.6. The summed E-state index contributed by atoms with van der Waals surface area (Å²) in [6.45, 7) is 1.81. The molecular formula is C8H8ClN5. The van der Waals surface area contributed by atoms with Gasteiger partial charge in [-0.05, 0) is 35.5 Å². The Morgan fingerprint density at radius 2 is 2.21 bits per heavy atom. The standard InChI is InChI=1S/C8H8ClN5/c1-5-11-12-13-14(5)6-2-3-8(10)7(9)4-6/h2-4H,10H2,1H3. The number of nitrogen functional groups attached to an aromatic ring is 1. The fourth-order valence-corrected chi connectivity index (χ4v) is 1.29. The van der Waals surface area contributed by atoms with Gasteiger partial charge in [0.1, 0.15) is 0 Å². The van der Waals surface area contributed by atoms with Crippen molar-refractivity contribution in [2.24, 2.45) is 0 Å². The van der Waals surface area contributed by atoms with Crippen LogP contribution in [0.15, 0.2) is 18.2 Å². The maximum atomic E-state index is 5.88. The number of nitrogens with two attached hydrogens (primary N) is 1. The van der Waals surface area contributed by atoms with E-state index >= 15 is 0 Å². The summed E-state index contributed by atoms with van der Waals surface area (Å²) in [4.78, 5) is 0. The molecule has 0 aliphatic rings. The minimum atomic E-state index is 0.498. The van der Waals surface area contributed by atoms with Crippen LogP contribution in [0, 0.1) is 6.92 Å². The van der Waals surface area contributed by atoms with Crippen molar-refractivity contribution in [2.45, 2.75) is 6.92 Å². The van der Waals surface area contributed by atoms with Crippen LogP contribution in [0.5, 0.6) is 0 Å². The van der Waals surface area contributed by atoms with Gasteiger partial charge in [-0.2, -0.15) is 4.68 Å². The second-order valence-corrected chi connectivity index (χ2v) is 3.25. The highest BCUT2D eigenvalue weighted by Crippen LogP contribution is 2.21. The third kappa shape index (κ3) is 1.42. The summed E-state index contributed by atoms with van der Waals surface area (Å²) in [5.74, 6) is 0.700. The van der Waals surface area contributed by atoms with Crippen molar-refractivity contribution in [1.82, 2.24) is 20.2 Å². The van der Waals surface area contributed by atoms with Crippen molar-refractivity contribution in [3.8, 4) is 5.69 Å². The minimum Gasteiger partial charge on any atom is -0.398 e. The molecule has 2 rings (SSSR count). The van der Waals surface area contributed by atoms with Crippen molar-refractivity contribution in [2.75, 3.05) is 5.73 Å². The molecule has 0 saturated heterocycles. The predicted molar refractivity (Wildman–Crippen MR) is 53.3 cm³/mol. The summed E-state index contributed by atoms with van der Waals surface area (Å²) in [7, 11) is 0. The number of hydrogen-bond acceptors (Lipinski definition) is 4. The molecule has 0 aliphatic carbocycles. The van der Waals surface area contributed by atoms with Gasteiger partial charge < -0.3 is 5.73 Å². The molecule has 5 nitrogen and oxygen atoms in total. The van der Waals surface area contributed by atoms with Crippen LogP contribution in [0.25, 0.3) is 5.69 Å². The zero-order valence-corrected chi connectivity index (χ0v) is 8.23. The molecular weight excluding hydrogens is 202 g/mol. The van der Waals surface area contributed by atoms with Gasteiger partial charge in [-0.1, -0.05) is 11.6 Å². The Hall–Kier alpha value is -1.62. The highest BCUT2D eigenvalue weighted by atomic mass is 35.5. The Balaban J connectivity index is 2.53. The SMILES string of the molecule is Cc1nnnn1-c1ccc(N)c(Cl)c1. The van der Waals surface area contributed by atoms with Gasteiger partial charge in [0.05, 0.1) is 16.4 Å². The van der Waals surface area contributed by atoms with Crippen LogP contribution < -0.4 is 5.73 Å². The zero-order valence-electron chi connectivity index (χ0n) is 7.48. The number of aryl methyl sites for hydroxylation is 1. The number of hydrogen-bond donors (Lipinski definition) is 1. The van der Waals surface area contributed by atoms with E-state index in [0.29, 0.717) is 16.5 Å². The van der Waals surface area contributed by atoms with Crippen LogP contribution >= 0.6 is 11.6 Å². The molecule has 0 bridgehead atoms. The van der Waals surface area contributed by atoms with Gasteiger partial charge in [-0.25, -0.2) is 0 Å². The molecule has 0 radical (unpaired) electrons. The highest BCUT2D eigenvalue weighted by Gasteiger charge is 2.04. The highest BCUT2D eigenvalue weighted by molar-refractivity contribution is 6.33. The average molecular weight is 210 g/mol. The van der Waals surface area contributed by atoms with E-state index < -0.39 is 0 Å². The van der Waals surface area contributed by atoms with E-state index in [9.17, 15) is 0 Å². The first-order valence-corrected chi connectivity index (χ1v) is 4.36. The lowest BCUT2D eigenvalue weighted by Crippen LogP contribution is -2.00. The van der Waals surface area contributed by atoms with Gasteiger partial charge in [0, 0.05) is 0 Å². The number of aromatic nitrogens is 4. The first kappa shape index (κ1) is 8.96. The molecule has 0 amide bonds. The molecule has 2 N–H and O–H groups in total. The molecule has 6 heteroatoms. The molecule has 0 saturated carbocycles. The van der Waals surface area contributed by atoms with E-state index in [1.165, 1.54) is 0 Å². The number of tetrazole rings is 1. The third-order valence-corrected chi connectivity index (χ3v) is 2.18. The number of anilines is 1. The van der Waals surface area contributed by atoms with Crippen LogP contribution in [0.2, 0.25) is 5.02 Å². The minimum absolute atomic E-state index is 0.498. The Morgan fingerprint density at radius 3 is 2.79 bits per heavy atom. The number of rotatable bonds is 1. The van der Waals surface area contributed by atoms with E-state index in [0.717, 1.165) is 5.69 Å². The number of nitrogens with zero attached hydrogens (tertiary/aromatic N) is 4. The van der Waals surface area contributed by atoms with Gasteiger partial charge in [0.25, 0.3) is 0 Å². The van der Waals surface area contributed by atoms with Crippen LogP contribution in [-0.2, 0) is 0 Å². The third-order valence-electron chi connectivity index (χ3n) is 1.85. The fraction of sp³-hybridized carbons (Fsp3) is 0.125. The molecule has 0 aliphatic heterocycles. The summed E-state index contributed by atoms with van der Waals surface area (Å²) < 4.78 is 1.59. The Labute approximate surface area is 85.5 Å². The summed E-state index contributed by atoms with van der Waals surface area (Å²) in [6, 6.07) is 5.25. The molecule has 72 valence electrons. The molecule has 0 fully saturated rings. The van der Waals surface area contributed by atoms with Crippen molar-refractivity contribution in [3.05, 3.63) is 29.0 Å². The van der Waals surface area contributed by atoms with Crippen molar-refractivity contribution < 1.29 is 0 Å². The van der Waals surface area contributed by atoms with Crippen molar-refractivity contribution in [3.63, 3.8) is 0 Å². The molecule has 0 atom stereocenters. The topological polar surface area (TPSA) is 69.6 Å². The second kappa shape index (κ2) is 3.26. The monoisotopic (exact) mass is 209 g/mol. The molecule has 1 aromatic carbocycles. The van der Waals surface area contributed by atoms with Crippen molar-refractivity contribution >= 4 is 17.3 Å². The van der Waals surface area contributed by atoms with Crippen LogP contribution in [0.1, 0.15) is 5.82 Å². The van der Waals surface area contributed by atoms with E-state index in [-0.39, 0.29) is 0 Å². The van der Waals surface area contributed by atoms with Crippen LogP contribution in [-0.4, -0.2) is 20.2 Å². The Kier molecular flexibility index (Phi) is 2.09. The Morgan fingerprint density at radius 1 is 1.43 bits per heavy atom. The van der Waals surface area contributed by atoms with E-state index in [2.05, 4.69) is 15.5 Å². The first-order chi connectivity index (χ1) is 6.68. The van der Waals surface area contributed by atoms with Crippen molar-refractivity contribution in [1.29, 1.82) is 0 Å². The quantitative estimate of drug-likeness (QED) is 0.717. The predicted octanol–water partition coefficient (Wildman–Crippen LogP) is 1.21. The van der Waals surface area contributed by atoms with Crippen LogP contribution in [0.3, 0.4) is 0 Å². The van der Waals surface area contributed by atoms with Gasteiger partial charge in [-0.15, -0.1) is 5.10 Å². The number of halogens is 1. The lowest BCUT2D eigenvalue weighted by Gasteiger charge is -2.03. The number of benzene rings is 1. The smallest absolute Gasteiger partial charge is 0.153 e. The summed E-state index contributed by atoms with van der Waals surface area (Å²) >= 11 is 5.88. The van der Waals surface area contributed by atoms with Gasteiger partial charge >= 0.3 is 0 Å². The van der Waals surface area contributed by atoms with Gasteiger partial charge in [0.2, 0.25) is 0 Å². The maximum absolute atomic E-state index is 5.88. The van der Waals surface area contributed by atoms with Crippen LogP contribution in [0.4, 0.5) is 5.69 Å². The van der Waals surface area contributed by atoms with E-state index in [1.54, 1.807) is 16.8 Å². The largest absolute Gasteiger partial charge is 0.398 e. The van der Waals surface area contributed by atoms with Gasteiger partial charge in [0.15, 0.2) is 5.82 Å². The molecule has 0 unspecified atom stereocenters. The summed E-state index contributed by atoms with van der Waals surface area (Å²) in [5.41, 5.74) is 6.93. The zero-order chi connectivity index (χ0) is 10.1. The molecule has 2 aromatic rings. The van der Waals surface area contributed by atoms with E-state index in [4.69, 9.17) is 17.3 Å². The lowest BCUT2D eigenvalue weighted by atomic mass is 10.3. The molecule has 0 spiro atoms. The molecule has 1 aromatic heterocycles. The molecule has 1 heterocycles. The second-order valence-electron chi connectivity index (χ2n) is 2.84. The lowest BCUT2D eigenvalue weighted by molar-refractivity contribution is 0.779. The fourth-order valence-electron chi connectivity index (χ4n) is 1.12. The maximum Gasteiger partial charge on any atom is 0.153 e. The Bertz CT molecular complexity index is 465. The van der Waals surface area contributed by atoms with Gasteiger partial charge in [-0.3, -0.25) is 0 Å². The first-order valence-electron chi connectivity index (χ1n) is 3.99. The molecule has 14 heavy (non-hydrogen) atoms.